The quantitative estimate of drug-likeness (QED) is 0.845. The standard InChI is InChI=1S/C17H28N2/c1-3-19(14-16-9-11-18-12-10-16)13-15(2)17-7-5-4-6-8-17/h4-8,15-16,18H,3,9-14H2,1-2H3. The lowest BCUT2D eigenvalue weighted by atomic mass is 9.96. The molecule has 1 heterocycles. The van der Waals surface area contributed by atoms with Gasteiger partial charge >= 0.3 is 0 Å². The summed E-state index contributed by atoms with van der Waals surface area (Å²) in [5.41, 5.74) is 1.46. The molecule has 0 bridgehead atoms. The summed E-state index contributed by atoms with van der Waals surface area (Å²) < 4.78 is 0. The fourth-order valence-corrected chi connectivity index (χ4v) is 3.04. The average Bonchev–Trinajstić information content (AvgIpc) is 2.48. The summed E-state index contributed by atoms with van der Waals surface area (Å²) in [7, 11) is 0. The molecule has 1 aliphatic heterocycles. The monoisotopic (exact) mass is 260 g/mol. The fraction of sp³-hybridized carbons (Fsp3) is 0.647. The minimum absolute atomic E-state index is 0.628. The van der Waals surface area contributed by atoms with Crippen LogP contribution in [0.2, 0.25) is 0 Å². The first-order chi connectivity index (χ1) is 9.29. The minimum Gasteiger partial charge on any atom is -0.317 e. The summed E-state index contributed by atoms with van der Waals surface area (Å²) in [5.74, 6) is 1.52. The SMILES string of the molecule is CCN(CC1CCNCC1)CC(C)c1ccccc1. The zero-order valence-electron chi connectivity index (χ0n) is 12.4. The Kier molecular flexibility index (Phi) is 5.87. The summed E-state index contributed by atoms with van der Waals surface area (Å²) >= 11 is 0. The third-order valence-corrected chi connectivity index (χ3v) is 4.32. The van der Waals surface area contributed by atoms with Crippen molar-refractivity contribution in [3.63, 3.8) is 0 Å². The Morgan fingerprint density at radius 3 is 2.53 bits per heavy atom. The number of rotatable bonds is 6. The van der Waals surface area contributed by atoms with Crippen molar-refractivity contribution in [1.82, 2.24) is 10.2 Å². The van der Waals surface area contributed by atoms with E-state index in [1.807, 2.05) is 0 Å². The Bertz CT molecular complexity index is 344. The van der Waals surface area contributed by atoms with Gasteiger partial charge in [-0.05, 0) is 49.9 Å². The van der Waals surface area contributed by atoms with E-state index in [1.165, 1.54) is 51.1 Å². The number of hydrogen-bond acceptors (Lipinski definition) is 2. The highest BCUT2D eigenvalue weighted by Crippen LogP contribution is 2.19. The van der Waals surface area contributed by atoms with Gasteiger partial charge in [-0.25, -0.2) is 0 Å². The van der Waals surface area contributed by atoms with Crippen molar-refractivity contribution in [2.45, 2.75) is 32.6 Å². The molecule has 1 atom stereocenters. The number of piperidine rings is 1. The first kappa shape index (κ1) is 14.5. The molecular formula is C17H28N2. The second-order valence-electron chi connectivity index (χ2n) is 5.86. The Labute approximate surface area is 118 Å². The number of hydrogen-bond donors (Lipinski definition) is 1. The largest absolute Gasteiger partial charge is 0.317 e. The molecule has 0 spiro atoms. The lowest BCUT2D eigenvalue weighted by Crippen LogP contribution is -2.37. The van der Waals surface area contributed by atoms with Gasteiger partial charge in [0.05, 0.1) is 0 Å². The number of nitrogens with one attached hydrogen (secondary N) is 1. The summed E-state index contributed by atoms with van der Waals surface area (Å²) in [6.07, 6.45) is 2.69. The van der Waals surface area contributed by atoms with E-state index in [9.17, 15) is 0 Å². The molecule has 1 aromatic rings. The fourth-order valence-electron chi connectivity index (χ4n) is 3.04. The second-order valence-corrected chi connectivity index (χ2v) is 5.86. The highest BCUT2D eigenvalue weighted by molar-refractivity contribution is 5.19. The van der Waals surface area contributed by atoms with Crippen LogP contribution in [-0.2, 0) is 0 Å². The number of likely N-dealkylation sites (N-methyl/N-ethyl adjacent to an activating group) is 1. The van der Waals surface area contributed by atoms with Gasteiger partial charge < -0.3 is 10.2 Å². The zero-order chi connectivity index (χ0) is 13.5. The lowest BCUT2D eigenvalue weighted by molar-refractivity contribution is 0.206. The van der Waals surface area contributed by atoms with Crippen molar-refractivity contribution < 1.29 is 0 Å². The van der Waals surface area contributed by atoms with E-state index < -0.39 is 0 Å². The third kappa shape index (κ3) is 4.63. The van der Waals surface area contributed by atoms with Gasteiger partial charge in [-0.3, -0.25) is 0 Å². The lowest BCUT2D eigenvalue weighted by Gasteiger charge is -2.31. The predicted molar refractivity (Wildman–Crippen MR) is 82.6 cm³/mol. The van der Waals surface area contributed by atoms with Crippen molar-refractivity contribution in [2.75, 3.05) is 32.7 Å². The van der Waals surface area contributed by atoms with Crippen LogP contribution in [0, 0.1) is 5.92 Å². The van der Waals surface area contributed by atoms with Crippen molar-refractivity contribution in [3.8, 4) is 0 Å². The molecule has 106 valence electrons. The molecule has 2 heteroatoms. The molecule has 0 saturated carbocycles. The van der Waals surface area contributed by atoms with E-state index >= 15 is 0 Å². The van der Waals surface area contributed by atoms with E-state index in [-0.39, 0.29) is 0 Å². The zero-order valence-corrected chi connectivity index (χ0v) is 12.4. The smallest absolute Gasteiger partial charge is 0.00476 e. The van der Waals surface area contributed by atoms with E-state index in [1.54, 1.807) is 0 Å². The van der Waals surface area contributed by atoms with E-state index in [0.717, 1.165) is 5.92 Å². The van der Waals surface area contributed by atoms with Gasteiger partial charge in [-0.1, -0.05) is 44.2 Å². The van der Waals surface area contributed by atoms with Crippen LogP contribution in [0.15, 0.2) is 30.3 Å². The van der Waals surface area contributed by atoms with Crippen LogP contribution >= 0.6 is 0 Å². The second kappa shape index (κ2) is 7.66. The summed E-state index contributed by atoms with van der Waals surface area (Å²) in [5, 5.41) is 3.45. The van der Waals surface area contributed by atoms with Gasteiger partial charge in [-0.2, -0.15) is 0 Å². The summed E-state index contributed by atoms with van der Waals surface area (Å²) in [4.78, 5) is 2.63. The third-order valence-electron chi connectivity index (χ3n) is 4.32. The van der Waals surface area contributed by atoms with Crippen molar-refractivity contribution in [3.05, 3.63) is 35.9 Å². The molecule has 2 nitrogen and oxygen atoms in total. The molecule has 0 radical (unpaired) electrons. The summed E-state index contributed by atoms with van der Waals surface area (Å²) in [6, 6.07) is 10.9. The molecule has 1 aliphatic rings. The Balaban J connectivity index is 1.84. The molecule has 19 heavy (non-hydrogen) atoms. The molecule has 1 fully saturated rings. The maximum Gasteiger partial charge on any atom is 0.00476 e. The highest BCUT2D eigenvalue weighted by atomic mass is 15.1. The van der Waals surface area contributed by atoms with Gasteiger partial charge in [0.1, 0.15) is 0 Å². The van der Waals surface area contributed by atoms with Crippen LogP contribution in [0.3, 0.4) is 0 Å². The van der Waals surface area contributed by atoms with Gasteiger partial charge in [0.15, 0.2) is 0 Å². The van der Waals surface area contributed by atoms with Gasteiger partial charge in [0.2, 0.25) is 0 Å². The normalized spacial score (nSPS) is 18.7. The van der Waals surface area contributed by atoms with E-state index in [2.05, 4.69) is 54.4 Å². The average molecular weight is 260 g/mol. The minimum atomic E-state index is 0.628. The molecule has 0 aromatic heterocycles. The van der Waals surface area contributed by atoms with Crippen molar-refractivity contribution in [1.29, 1.82) is 0 Å². The Morgan fingerprint density at radius 1 is 1.21 bits per heavy atom. The van der Waals surface area contributed by atoms with Crippen LogP contribution in [0.4, 0.5) is 0 Å². The van der Waals surface area contributed by atoms with Gasteiger partial charge in [-0.15, -0.1) is 0 Å². The van der Waals surface area contributed by atoms with Crippen molar-refractivity contribution >= 4 is 0 Å². The molecule has 1 unspecified atom stereocenters. The molecular weight excluding hydrogens is 232 g/mol. The van der Waals surface area contributed by atoms with Gasteiger partial charge in [0, 0.05) is 13.1 Å². The van der Waals surface area contributed by atoms with E-state index in [4.69, 9.17) is 0 Å². The Hall–Kier alpha value is -0.860. The molecule has 1 saturated heterocycles. The van der Waals surface area contributed by atoms with E-state index in [0.29, 0.717) is 5.92 Å². The Morgan fingerprint density at radius 2 is 1.89 bits per heavy atom. The highest BCUT2D eigenvalue weighted by Gasteiger charge is 2.17. The maximum absolute atomic E-state index is 3.45. The molecule has 0 aliphatic carbocycles. The summed E-state index contributed by atoms with van der Waals surface area (Å²) in [6.45, 7) is 10.7. The van der Waals surface area contributed by atoms with Crippen molar-refractivity contribution in [2.24, 2.45) is 5.92 Å². The molecule has 1 aromatic carbocycles. The number of benzene rings is 1. The van der Waals surface area contributed by atoms with Crippen LogP contribution < -0.4 is 5.32 Å². The maximum atomic E-state index is 3.45. The van der Waals surface area contributed by atoms with Crippen LogP contribution in [0.1, 0.15) is 38.2 Å². The topological polar surface area (TPSA) is 15.3 Å². The first-order valence-electron chi connectivity index (χ1n) is 7.77. The van der Waals surface area contributed by atoms with Crippen LogP contribution in [-0.4, -0.2) is 37.6 Å². The predicted octanol–water partition coefficient (Wildman–Crippen LogP) is 3.11. The van der Waals surface area contributed by atoms with Crippen LogP contribution in [0.5, 0.6) is 0 Å². The molecule has 1 N–H and O–H groups in total. The molecule has 0 amide bonds. The first-order valence-corrected chi connectivity index (χ1v) is 7.77. The van der Waals surface area contributed by atoms with Crippen LogP contribution in [0.25, 0.3) is 0 Å². The molecule has 2 rings (SSSR count). The van der Waals surface area contributed by atoms with Gasteiger partial charge in [0.25, 0.3) is 0 Å². The number of nitrogens with zero attached hydrogens (tertiary/aromatic N) is 1.